The lowest BCUT2D eigenvalue weighted by Crippen LogP contribution is -2.52. The summed E-state index contributed by atoms with van der Waals surface area (Å²) in [7, 11) is -4.18. The summed E-state index contributed by atoms with van der Waals surface area (Å²) in [5.74, 6) is -0.291. The minimum absolute atomic E-state index is 0.0196. The van der Waals surface area contributed by atoms with E-state index in [9.17, 15) is 18.0 Å². The monoisotopic (exact) mass is 571 g/mol. The molecule has 8 nitrogen and oxygen atoms in total. The van der Waals surface area contributed by atoms with Crippen LogP contribution < -0.4 is 14.4 Å². The molecule has 0 heterocycles. The maximum Gasteiger partial charge on any atom is 0.264 e. The van der Waals surface area contributed by atoms with Crippen molar-refractivity contribution in [1.29, 1.82) is 0 Å². The molecule has 1 N–H and O–H groups in total. The predicted molar refractivity (Wildman–Crippen MR) is 153 cm³/mol. The van der Waals surface area contributed by atoms with E-state index in [4.69, 9.17) is 16.3 Å². The molecule has 0 aromatic heterocycles. The van der Waals surface area contributed by atoms with E-state index in [0.717, 1.165) is 9.87 Å². The molecule has 0 aliphatic carbocycles. The van der Waals surface area contributed by atoms with Crippen LogP contribution in [0, 0.1) is 0 Å². The Morgan fingerprint density at radius 3 is 2.10 bits per heavy atom. The molecule has 2 amide bonds. The molecule has 39 heavy (non-hydrogen) atoms. The number of amides is 2. The van der Waals surface area contributed by atoms with Crippen molar-refractivity contribution < 1.29 is 22.7 Å². The number of halogens is 1. The fraction of sp³-hybridized carbons (Fsp3) is 0.310. The molecule has 0 fully saturated rings. The van der Waals surface area contributed by atoms with Gasteiger partial charge in [0.1, 0.15) is 18.3 Å². The average molecular weight is 572 g/mol. The number of carbonyl (C=O) groups is 2. The molecule has 208 valence electrons. The van der Waals surface area contributed by atoms with Gasteiger partial charge in [-0.15, -0.1) is 0 Å². The standard InChI is InChI=1S/C29H34ClN3O5S/c1-5-38-26-15-13-25(14-16-26)33(39(36,37)27-17-11-24(30)12-18-27)20-28(34)32(19-23-9-7-6-8-10-23)22(4)29(35)31-21(2)3/h6-18,21-22H,5,19-20H2,1-4H3,(H,31,35)/t22-/m0/s1. The molecule has 3 aromatic carbocycles. The SMILES string of the molecule is CCOc1ccc(N(CC(=O)N(Cc2ccccc2)[C@@H](C)C(=O)NC(C)C)S(=O)(=O)c2ccc(Cl)cc2)cc1. The van der Waals surface area contributed by atoms with E-state index in [1.54, 1.807) is 31.2 Å². The smallest absolute Gasteiger partial charge is 0.264 e. The molecule has 0 saturated carbocycles. The zero-order chi connectivity index (χ0) is 28.6. The number of hydrogen-bond acceptors (Lipinski definition) is 5. The summed E-state index contributed by atoms with van der Waals surface area (Å²) in [5, 5.41) is 3.22. The van der Waals surface area contributed by atoms with Gasteiger partial charge in [0.25, 0.3) is 10.0 Å². The van der Waals surface area contributed by atoms with Crippen molar-refractivity contribution in [3.8, 4) is 5.75 Å². The number of benzene rings is 3. The van der Waals surface area contributed by atoms with Crippen LogP contribution in [0.5, 0.6) is 5.75 Å². The van der Waals surface area contributed by atoms with E-state index < -0.39 is 28.5 Å². The van der Waals surface area contributed by atoms with Crippen LogP contribution in [0.15, 0.2) is 83.8 Å². The van der Waals surface area contributed by atoms with Gasteiger partial charge < -0.3 is 15.0 Å². The number of sulfonamides is 1. The van der Waals surface area contributed by atoms with Gasteiger partial charge in [-0.05, 0) is 81.8 Å². The van der Waals surface area contributed by atoms with Gasteiger partial charge in [-0.3, -0.25) is 13.9 Å². The van der Waals surface area contributed by atoms with Crippen molar-refractivity contribution in [2.24, 2.45) is 0 Å². The number of carbonyl (C=O) groups excluding carboxylic acids is 2. The summed E-state index contributed by atoms with van der Waals surface area (Å²) < 4.78 is 34.2. The van der Waals surface area contributed by atoms with E-state index >= 15 is 0 Å². The summed E-state index contributed by atoms with van der Waals surface area (Å²) in [5.41, 5.74) is 1.09. The zero-order valence-electron chi connectivity index (χ0n) is 22.5. The summed E-state index contributed by atoms with van der Waals surface area (Å²) in [4.78, 5) is 28.2. The molecule has 3 aromatic rings. The fourth-order valence-electron chi connectivity index (χ4n) is 3.91. The Morgan fingerprint density at radius 1 is 0.923 bits per heavy atom. The van der Waals surface area contributed by atoms with Crippen molar-refractivity contribution in [2.45, 2.75) is 51.2 Å². The second-order valence-electron chi connectivity index (χ2n) is 9.24. The second kappa shape index (κ2) is 13.5. The minimum atomic E-state index is -4.18. The molecule has 0 bridgehead atoms. The largest absolute Gasteiger partial charge is 0.494 e. The fourth-order valence-corrected chi connectivity index (χ4v) is 5.45. The zero-order valence-corrected chi connectivity index (χ0v) is 24.1. The van der Waals surface area contributed by atoms with Gasteiger partial charge in [-0.1, -0.05) is 41.9 Å². The van der Waals surface area contributed by atoms with Crippen molar-refractivity contribution in [3.05, 3.63) is 89.4 Å². The van der Waals surface area contributed by atoms with Crippen molar-refractivity contribution in [3.63, 3.8) is 0 Å². The van der Waals surface area contributed by atoms with Gasteiger partial charge >= 0.3 is 0 Å². The Morgan fingerprint density at radius 2 is 1.54 bits per heavy atom. The summed E-state index contributed by atoms with van der Waals surface area (Å²) in [6.07, 6.45) is 0. The van der Waals surface area contributed by atoms with Crippen molar-refractivity contribution in [1.82, 2.24) is 10.2 Å². The van der Waals surface area contributed by atoms with Gasteiger partial charge in [0.2, 0.25) is 11.8 Å². The molecule has 0 unspecified atom stereocenters. The lowest BCUT2D eigenvalue weighted by Gasteiger charge is -2.32. The number of hydrogen-bond donors (Lipinski definition) is 1. The first-order chi connectivity index (χ1) is 18.5. The third-order valence-electron chi connectivity index (χ3n) is 5.91. The lowest BCUT2D eigenvalue weighted by molar-refractivity contribution is -0.139. The van der Waals surface area contributed by atoms with Gasteiger partial charge in [0.15, 0.2) is 0 Å². The minimum Gasteiger partial charge on any atom is -0.494 e. The topological polar surface area (TPSA) is 96.0 Å². The van der Waals surface area contributed by atoms with Gasteiger partial charge in [0.05, 0.1) is 17.2 Å². The number of rotatable bonds is 12. The Labute approximate surface area is 235 Å². The highest BCUT2D eigenvalue weighted by molar-refractivity contribution is 7.92. The first-order valence-electron chi connectivity index (χ1n) is 12.7. The van der Waals surface area contributed by atoms with E-state index in [1.807, 2.05) is 51.1 Å². The number of nitrogens with zero attached hydrogens (tertiary/aromatic N) is 2. The molecule has 0 saturated heterocycles. The van der Waals surface area contributed by atoms with Gasteiger partial charge in [0, 0.05) is 17.6 Å². The second-order valence-corrected chi connectivity index (χ2v) is 11.5. The Balaban J connectivity index is 2.02. The maximum atomic E-state index is 13.9. The number of nitrogens with one attached hydrogen (secondary N) is 1. The normalized spacial score (nSPS) is 12.1. The van der Waals surface area contributed by atoms with E-state index in [2.05, 4.69) is 5.32 Å². The Kier molecular flexibility index (Phi) is 10.4. The third kappa shape index (κ3) is 7.97. The molecule has 0 spiro atoms. The highest BCUT2D eigenvalue weighted by Gasteiger charge is 2.32. The molecule has 0 aliphatic rings. The van der Waals surface area contributed by atoms with Crippen LogP contribution in [0.4, 0.5) is 5.69 Å². The van der Waals surface area contributed by atoms with Crippen LogP contribution >= 0.6 is 11.6 Å². The van der Waals surface area contributed by atoms with Crippen LogP contribution in [0.1, 0.15) is 33.3 Å². The van der Waals surface area contributed by atoms with Crippen LogP contribution in [-0.4, -0.2) is 50.4 Å². The van der Waals surface area contributed by atoms with E-state index in [0.29, 0.717) is 17.4 Å². The van der Waals surface area contributed by atoms with Crippen molar-refractivity contribution in [2.75, 3.05) is 17.5 Å². The van der Waals surface area contributed by atoms with Crippen LogP contribution in [0.25, 0.3) is 0 Å². The summed E-state index contributed by atoms with van der Waals surface area (Å²) in [6.45, 7) is 7.21. The maximum absolute atomic E-state index is 13.9. The van der Waals surface area contributed by atoms with Crippen molar-refractivity contribution >= 4 is 39.1 Å². The number of ether oxygens (including phenoxy) is 1. The predicted octanol–water partition coefficient (Wildman–Crippen LogP) is 4.88. The third-order valence-corrected chi connectivity index (χ3v) is 7.95. The van der Waals surface area contributed by atoms with E-state index in [1.165, 1.54) is 29.2 Å². The highest BCUT2D eigenvalue weighted by atomic mass is 35.5. The van der Waals surface area contributed by atoms with Gasteiger partial charge in [-0.2, -0.15) is 0 Å². The molecule has 1 atom stereocenters. The van der Waals surface area contributed by atoms with Crippen LogP contribution in [0.3, 0.4) is 0 Å². The molecular formula is C29H34ClN3O5S. The van der Waals surface area contributed by atoms with Gasteiger partial charge in [-0.25, -0.2) is 8.42 Å². The summed E-state index contributed by atoms with van der Waals surface area (Å²) in [6, 6.07) is 20.5. The molecule has 0 radical (unpaired) electrons. The average Bonchev–Trinajstić information content (AvgIpc) is 2.91. The number of anilines is 1. The first kappa shape index (κ1) is 30.0. The first-order valence-corrected chi connectivity index (χ1v) is 14.5. The lowest BCUT2D eigenvalue weighted by atomic mass is 10.1. The molecule has 10 heteroatoms. The van der Waals surface area contributed by atoms with E-state index in [-0.39, 0.29) is 29.1 Å². The highest BCUT2D eigenvalue weighted by Crippen LogP contribution is 2.27. The Hall–Kier alpha value is -3.56. The van der Waals surface area contributed by atoms with Crippen LogP contribution in [-0.2, 0) is 26.2 Å². The quantitative estimate of drug-likeness (QED) is 0.334. The molecule has 0 aliphatic heterocycles. The molecular weight excluding hydrogens is 538 g/mol. The molecule has 3 rings (SSSR count). The Bertz CT molecular complexity index is 1350. The summed E-state index contributed by atoms with van der Waals surface area (Å²) >= 11 is 5.99. The van der Waals surface area contributed by atoms with Crippen LogP contribution in [0.2, 0.25) is 5.02 Å².